The first-order chi connectivity index (χ1) is 11.3. The van der Waals surface area contributed by atoms with Gasteiger partial charge in [-0.2, -0.15) is 0 Å². The van der Waals surface area contributed by atoms with Crippen molar-refractivity contribution in [2.75, 3.05) is 39.5 Å². The molecule has 0 unspecified atom stereocenters. The van der Waals surface area contributed by atoms with Gasteiger partial charge in [-0.25, -0.2) is 9.97 Å². The summed E-state index contributed by atoms with van der Waals surface area (Å²) in [4.78, 5) is 30.5. The molecule has 9 heteroatoms. The number of carbonyl (C=O) groups excluding carboxylic acids is 1. The van der Waals surface area contributed by atoms with Crippen molar-refractivity contribution in [3.63, 3.8) is 0 Å². The van der Waals surface area contributed by atoms with Gasteiger partial charge in [-0.1, -0.05) is 0 Å². The fraction of sp³-hybridized carbons (Fsp3) is 0.571. The zero-order chi connectivity index (χ0) is 16.5. The van der Waals surface area contributed by atoms with Crippen LogP contribution >= 0.6 is 0 Å². The van der Waals surface area contributed by atoms with E-state index in [0.717, 1.165) is 26.3 Å². The van der Waals surface area contributed by atoms with Gasteiger partial charge in [-0.15, -0.1) is 0 Å². The van der Waals surface area contributed by atoms with Crippen LogP contribution in [0.4, 0.5) is 0 Å². The Bertz CT molecular complexity index is 495. The van der Waals surface area contributed by atoms with Gasteiger partial charge in [0.1, 0.15) is 6.33 Å². The molecule has 126 valence electrons. The summed E-state index contributed by atoms with van der Waals surface area (Å²) < 4.78 is 10.9. The van der Waals surface area contributed by atoms with Gasteiger partial charge < -0.3 is 19.9 Å². The largest absolute Gasteiger partial charge is 0.483 e. The van der Waals surface area contributed by atoms with Gasteiger partial charge >= 0.3 is 0 Å². The van der Waals surface area contributed by atoms with Crippen molar-refractivity contribution in [1.29, 1.82) is 0 Å². The van der Waals surface area contributed by atoms with E-state index < -0.39 is 0 Å². The minimum absolute atomic E-state index is 0.000746. The van der Waals surface area contributed by atoms with Gasteiger partial charge in [0.15, 0.2) is 0 Å². The fourth-order valence-electron chi connectivity index (χ4n) is 2.62. The summed E-state index contributed by atoms with van der Waals surface area (Å²) in [5, 5.41) is 9.91. The second-order valence-electron chi connectivity index (χ2n) is 5.07. The summed E-state index contributed by atoms with van der Waals surface area (Å²) >= 11 is 0. The van der Waals surface area contributed by atoms with Crippen molar-refractivity contribution < 1.29 is 24.2 Å². The van der Waals surface area contributed by atoms with Crippen LogP contribution in [0.2, 0.25) is 0 Å². The predicted molar refractivity (Wildman–Crippen MR) is 79.0 cm³/mol. The SMILES string of the molecule is O=C(N[C@H]1COC[C@@H]1N1CCOCC1)c1cncnc1.O=CO. The quantitative estimate of drug-likeness (QED) is 0.681. The Hall–Kier alpha value is -2.10. The molecule has 2 N–H and O–H groups in total. The smallest absolute Gasteiger partial charge is 0.290 e. The van der Waals surface area contributed by atoms with Crippen LogP contribution in [0.15, 0.2) is 18.7 Å². The number of carbonyl (C=O) groups is 2. The average molecular weight is 324 g/mol. The minimum atomic E-state index is -0.250. The molecule has 0 bridgehead atoms. The number of rotatable bonds is 3. The Balaban J connectivity index is 0.000000595. The zero-order valence-corrected chi connectivity index (χ0v) is 12.6. The molecule has 0 spiro atoms. The van der Waals surface area contributed by atoms with E-state index in [4.69, 9.17) is 19.4 Å². The predicted octanol–water partition coefficient (Wildman–Crippen LogP) is -0.993. The molecule has 0 aromatic carbocycles. The van der Waals surface area contributed by atoms with Gasteiger partial charge in [0.05, 0.1) is 44.1 Å². The maximum Gasteiger partial charge on any atom is 0.290 e. The molecule has 2 aliphatic heterocycles. The Morgan fingerprint density at radius 2 is 1.91 bits per heavy atom. The maximum absolute atomic E-state index is 12.1. The molecule has 2 fully saturated rings. The first-order valence-electron chi connectivity index (χ1n) is 7.29. The van der Waals surface area contributed by atoms with E-state index in [1.54, 1.807) is 0 Å². The van der Waals surface area contributed by atoms with Crippen molar-refractivity contribution in [3.8, 4) is 0 Å². The van der Waals surface area contributed by atoms with Crippen LogP contribution in [-0.4, -0.2) is 84.0 Å². The van der Waals surface area contributed by atoms with Crippen molar-refractivity contribution in [1.82, 2.24) is 20.2 Å². The highest BCUT2D eigenvalue weighted by Gasteiger charge is 2.34. The molecule has 1 aromatic heterocycles. The summed E-state index contributed by atoms with van der Waals surface area (Å²) in [5.74, 6) is -0.153. The van der Waals surface area contributed by atoms with E-state index >= 15 is 0 Å². The summed E-state index contributed by atoms with van der Waals surface area (Å²) in [6.45, 7) is 4.19. The minimum Gasteiger partial charge on any atom is -0.483 e. The number of amides is 1. The van der Waals surface area contributed by atoms with Gasteiger partial charge in [0.25, 0.3) is 12.4 Å². The highest BCUT2D eigenvalue weighted by molar-refractivity contribution is 5.93. The Morgan fingerprint density at radius 3 is 2.57 bits per heavy atom. The summed E-state index contributed by atoms with van der Waals surface area (Å²) in [7, 11) is 0. The Morgan fingerprint density at radius 1 is 1.26 bits per heavy atom. The van der Waals surface area contributed by atoms with E-state index in [-0.39, 0.29) is 24.5 Å². The highest BCUT2D eigenvalue weighted by atomic mass is 16.5. The molecule has 23 heavy (non-hydrogen) atoms. The fourth-order valence-corrected chi connectivity index (χ4v) is 2.62. The van der Waals surface area contributed by atoms with Gasteiger partial charge in [-0.05, 0) is 0 Å². The molecule has 0 saturated carbocycles. The summed E-state index contributed by atoms with van der Waals surface area (Å²) in [6, 6.07) is 0.216. The number of carboxylic acid groups (broad SMARTS) is 1. The lowest BCUT2D eigenvalue weighted by Gasteiger charge is -2.34. The van der Waals surface area contributed by atoms with Crippen molar-refractivity contribution in [2.24, 2.45) is 0 Å². The number of hydrogen-bond acceptors (Lipinski definition) is 7. The lowest BCUT2D eigenvalue weighted by molar-refractivity contribution is -0.122. The van der Waals surface area contributed by atoms with Gasteiger partial charge in [0, 0.05) is 25.5 Å². The Kier molecular flexibility index (Phi) is 6.85. The normalized spacial score (nSPS) is 24.3. The molecule has 2 atom stereocenters. The highest BCUT2D eigenvalue weighted by Crippen LogP contribution is 2.15. The number of ether oxygens (including phenoxy) is 2. The molecule has 9 nitrogen and oxygen atoms in total. The molecule has 1 amide bonds. The second kappa shape index (κ2) is 9.13. The van der Waals surface area contributed by atoms with Crippen LogP contribution in [0.25, 0.3) is 0 Å². The van der Waals surface area contributed by atoms with E-state index in [0.29, 0.717) is 18.8 Å². The lowest BCUT2D eigenvalue weighted by atomic mass is 10.1. The van der Waals surface area contributed by atoms with Crippen LogP contribution in [0, 0.1) is 0 Å². The summed E-state index contributed by atoms with van der Waals surface area (Å²) in [6.07, 6.45) is 4.44. The lowest BCUT2D eigenvalue weighted by Crippen LogP contribution is -2.54. The zero-order valence-electron chi connectivity index (χ0n) is 12.6. The number of hydrogen-bond donors (Lipinski definition) is 2. The molecule has 0 aliphatic carbocycles. The third kappa shape index (κ3) is 4.95. The van der Waals surface area contributed by atoms with E-state index in [9.17, 15) is 4.79 Å². The first-order valence-corrected chi connectivity index (χ1v) is 7.29. The monoisotopic (exact) mass is 324 g/mol. The van der Waals surface area contributed by atoms with Gasteiger partial charge in [-0.3, -0.25) is 14.5 Å². The number of nitrogens with one attached hydrogen (secondary N) is 1. The average Bonchev–Trinajstić information content (AvgIpc) is 3.05. The van der Waals surface area contributed by atoms with Crippen LogP contribution in [0.1, 0.15) is 10.4 Å². The molecule has 3 heterocycles. The third-order valence-corrected chi connectivity index (χ3v) is 3.70. The Labute approximate surface area is 133 Å². The summed E-state index contributed by atoms with van der Waals surface area (Å²) in [5.41, 5.74) is 0.472. The molecule has 0 radical (unpaired) electrons. The van der Waals surface area contributed by atoms with E-state index in [1.165, 1.54) is 18.7 Å². The molecule has 3 rings (SSSR count). The van der Waals surface area contributed by atoms with Gasteiger partial charge in [0.2, 0.25) is 0 Å². The first kappa shape index (κ1) is 17.3. The second-order valence-corrected chi connectivity index (χ2v) is 5.07. The molecule has 2 aliphatic rings. The van der Waals surface area contributed by atoms with Crippen molar-refractivity contribution in [2.45, 2.75) is 12.1 Å². The van der Waals surface area contributed by atoms with E-state index in [1.807, 2.05) is 0 Å². The molecule has 2 saturated heterocycles. The number of aromatic nitrogens is 2. The topological polar surface area (TPSA) is 114 Å². The van der Waals surface area contributed by atoms with Crippen molar-refractivity contribution in [3.05, 3.63) is 24.3 Å². The van der Waals surface area contributed by atoms with Crippen LogP contribution in [-0.2, 0) is 14.3 Å². The molecule has 1 aromatic rings. The molecular weight excluding hydrogens is 304 g/mol. The third-order valence-electron chi connectivity index (χ3n) is 3.70. The van der Waals surface area contributed by atoms with E-state index in [2.05, 4.69) is 20.2 Å². The number of nitrogens with zero attached hydrogens (tertiary/aromatic N) is 3. The van der Waals surface area contributed by atoms with Crippen molar-refractivity contribution >= 4 is 12.4 Å². The van der Waals surface area contributed by atoms with Crippen LogP contribution < -0.4 is 5.32 Å². The van der Waals surface area contributed by atoms with Crippen LogP contribution in [0.5, 0.6) is 0 Å². The van der Waals surface area contributed by atoms with Crippen LogP contribution in [0.3, 0.4) is 0 Å². The molecular formula is C14H20N4O5. The number of morpholine rings is 1. The maximum atomic E-state index is 12.1. The standard InChI is InChI=1S/C13H18N4O3.CH2O2/c18-13(10-5-14-9-15-6-10)16-11-7-20-8-12(11)17-1-3-19-4-2-17;2-1-3/h5-6,9,11-12H,1-4,7-8H2,(H,16,18);1H,(H,2,3)/t11-,12-;/m0./s1.